The summed E-state index contributed by atoms with van der Waals surface area (Å²) in [7, 11) is 0. The fourth-order valence-corrected chi connectivity index (χ4v) is 2.61. The molecule has 128 valence electrons. The second kappa shape index (κ2) is 8.48. The molecular formula is C20H27N3O. The number of benzene rings is 1. The molecule has 0 bridgehead atoms. The number of carbonyl (C=O) groups excluding carboxylic acids is 1. The lowest BCUT2D eigenvalue weighted by Gasteiger charge is -2.22. The Bertz CT molecular complexity index is 674. The fourth-order valence-electron chi connectivity index (χ4n) is 2.61. The molecule has 0 saturated heterocycles. The summed E-state index contributed by atoms with van der Waals surface area (Å²) >= 11 is 0. The van der Waals surface area contributed by atoms with Gasteiger partial charge in [-0.05, 0) is 62.1 Å². The second-order valence-electron chi connectivity index (χ2n) is 6.15. The van der Waals surface area contributed by atoms with Crippen molar-refractivity contribution in [1.29, 1.82) is 0 Å². The van der Waals surface area contributed by atoms with E-state index in [-0.39, 0.29) is 5.91 Å². The molecule has 1 N–H and O–H groups in total. The van der Waals surface area contributed by atoms with Crippen molar-refractivity contribution in [2.24, 2.45) is 0 Å². The SMILES string of the molecule is CCCN(CCC)c1ccc(C(=O)Nc2ccc(C)c(C)c2)cn1. The first-order valence-corrected chi connectivity index (χ1v) is 8.64. The van der Waals surface area contributed by atoms with Crippen LogP contribution in [0.25, 0.3) is 0 Å². The van der Waals surface area contributed by atoms with Crippen LogP contribution >= 0.6 is 0 Å². The molecule has 4 heteroatoms. The lowest BCUT2D eigenvalue weighted by atomic mass is 10.1. The van der Waals surface area contributed by atoms with Gasteiger partial charge in [0.05, 0.1) is 5.56 Å². The van der Waals surface area contributed by atoms with E-state index in [1.807, 2.05) is 37.3 Å². The Hall–Kier alpha value is -2.36. The van der Waals surface area contributed by atoms with Gasteiger partial charge in [0.25, 0.3) is 5.91 Å². The average Bonchev–Trinajstić information content (AvgIpc) is 2.58. The van der Waals surface area contributed by atoms with Crippen molar-refractivity contribution < 1.29 is 4.79 Å². The molecule has 0 aliphatic carbocycles. The van der Waals surface area contributed by atoms with Gasteiger partial charge in [-0.15, -0.1) is 0 Å². The molecule has 1 aromatic carbocycles. The molecule has 2 rings (SSSR count). The lowest BCUT2D eigenvalue weighted by molar-refractivity contribution is 0.102. The molecule has 1 heterocycles. The maximum Gasteiger partial charge on any atom is 0.257 e. The molecule has 24 heavy (non-hydrogen) atoms. The van der Waals surface area contributed by atoms with E-state index in [0.29, 0.717) is 5.56 Å². The molecular weight excluding hydrogens is 298 g/mol. The monoisotopic (exact) mass is 325 g/mol. The van der Waals surface area contributed by atoms with Crippen LogP contribution in [0.3, 0.4) is 0 Å². The van der Waals surface area contributed by atoms with Crippen LogP contribution in [0.15, 0.2) is 36.5 Å². The largest absolute Gasteiger partial charge is 0.357 e. The van der Waals surface area contributed by atoms with E-state index in [1.54, 1.807) is 6.20 Å². The first-order valence-electron chi connectivity index (χ1n) is 8.64. The van der Waals surface area contributed by atoms with Crippen molar-refractivity contribution >= 4 is 17.4 Å². The minimum Gasteiger partial charge on any atom is -0.357 e. The number of hydrogen-bond acceptors (Lipinski definition) is 3. The number of carbonyl (C=O) groups is 1. The zero-order chi connectivity index (χ0) is 17.5. The molecule has 0 saturated carbocycles. The third-order valence-corrected chi connectivity index (χ3v) is 4.09. The molecule has 0 aliphatic heterocycles. The zero-order valence-corrected chi connectivity index (χ0v) is 15.1. The predicted molar refractivity (Wildman–Crippen MR) is 101 cm³/mol. The molecule has 2 aromatic rings. The maximum atomic E-state index is 12.4. The molecule has 0 atom stereocenters. The van der Waals surface area contributed by atoms with Gasteiger partial charge in [0, 0.05) is 25.0 Å². The molecule has 0 aliphatic rings. The molecule has 0 radical (unpaired) electrons. The third-order valence-electron chi connectivity index (χ3n) is 4.09. The van der Waals surface area contributed by atoms with E-state index in [2.05, 4.69) is 36.0 Å². The van der Waals surface area contributed by atoms with Crippen LogP contribution in [-0.2, 0) is 0 Å². The molecule has 1 amide bonds. The Morgan fingerprint density at radius 1 is 1.04 bits per heavy atom. The third kappa shape index (κ3) is 4.57. The van der Waals surface area contributed by atoms with Gasteiger partial charge in [0.1, 0.15) is 5.82 Å². The smallest absolute Gasteiger partial charge is 0.257 e. The Kier molecular flexibility index (Phi) is 6.36. The summed E-state index contributed by atoms with van der Waals surface area (Å²) in [5.74, 6) is 0.802. The summed E-state index contributed by atoms with van der Waals surface area (Å²) in [5.41, 5.74) is 3.76. The molecule has 0 unspecified atom stereocenters. The number of amides is 1. The molecule has 0 spiro atoms. The van der Waals surface area contributed by atoms with Crippen molar-refractivity contribution in [1.82, 2.24) is 4.98 Å². The molecule has 0 fully saturated rings. The van der Waals surface area contributed by atoms with Gasteiger partial charge in [-0.1, -0.05) is 19.9 Å². The minimum absolute atomic E-state index is 0.130. The van der Waals surface area contributed by atoms with Gasteiger partial charge < -0.3 is 10.2 Å². The number of aromatic nitrogens is 1. The van der Waals surface area contributed by atoms with Crippen LogP contribution < -0.4 is 10.2 Å². The van der Waals surface area contributed by atoms with Crippen molar-refractivity contribution in [3.8, 4) is 0 Å². The number of rotatable bonds is 7. The predicted octanol–water partition coefficient (Wildman–Crippen LogP) is 4.58. The Balaban J connectivity index is 2.08. The molecule has 1 aromatic heterocycles. The fraction of sp³-hybridized carbons (Fsp3) is 0.400. The Morgan fingerprint density at radius 2 is 1.75 bits per heavy atom. The lowest BCUT2D eigenvalue weighted by Crippen LogP contribution is -2.26. The summed E-state index contributed by atoms with van der Waals surface area (Å²) in [6.45, 7) is 10.4. The average molecular weight is 325 g/mol. The maximum absolute atomic E-state index is 12.4. The van der Waals surface area contributed by atoms with E-state index >= 15 is 0 Å². The van der Waals surface area contributed by atoms with Crippen molar-refractivity contribution in [2.75, 3.05) is 23.3 Å². The Morgan fingerprint density at radius 3 is 2.29 bits per heavy atom. The minimum atomic E-state index is -0.130. The topological polar surface area (TPSA) is 45.2 Å². The highest BCUT2D eigenvalue weighted by molar-refractivity contribution is 6.04. The second-order valence-corrected chi connectivity index (χ2v) is 6.15. The number of hydrogen-bond donors (Lipinski definition) is 1. The number of aryl methyl sites for hydroxylation is 2. The summed E-state index contributed by atoms with van der Waals surface area (Å²) in [5, 5.41) is 2.93. The number of pyridine rings is 1. The zero-order valence-electron chi connectivity index (χ0n) is 15.1. The summed E-state index contributed by atoms with van der Waals surface area (Å²) in [6.07, 6.45) is 3.82. The van der Waals surface area contributed by atoms with E-state index in [9.17, 15) is 4.79 Å². The highest BCUT2D eigenvalue weighted by Gasteiger charge is 2.10. The summed E-state index contributed by atoms with van der Waals surface area (Å²) in [6, 6.07) is 9.70. The van der Waals surface area contributed by atoms with Gasteiger partial charge in [-0.2, -0.15) is 0 Å². The van der Waals surface area contributed by atoms with Crippen LogP contribution in [0, 0.1) is 13.8 Å². The highest BCUT2D eigenvalue weighted by Crippen LogP contribution is 2.16. The van der Waals surface area contributed by atoms with Crippen LogP contribution in [0.2, 0.25) is 0 Å². The van der Waals surface area contributed by atoms with Crippen LogP contribution in [0.4, 0.5) is 11.5 Å². The first-order chi connectivity index (χ1) is 11.5. The van der Waals surface area contributed by atoms with Crippen molar-refractivity contribution in [3.05, 3.63) is 53.2 Å². The van der Waals surface area contributed by atoms with E-state index in [4.69, 9.17) is 0 Å². The van der Waals surface area contributed by atoms with E-state index in [0.717, 1.165) is 43.0 Å². The standard InChI is InChI=1S/C20H27N3O/c1-5-11-23(12-6-2)19-10-8-17(14-21-19)20(24)22-18-9-7-15(3)16(4)13-18/h7-10,13-14H,5-6,11-12H2,1-4H3,(H,22,24). The van der Waals surface area contributed by atoms with Gasteiger partial charge >= 0.3 is 0 Å². The van der Waals surface area contributed by atoms with E-state index < -0.39 is 0 Å². The number of anilines is 2. The quantitative estimate of drug-likeness (QED) is 0.810. The van der Waals surface area contributed by atoms with Crippen LogP contribution in [0.1, 0.15) is 48.2 Å². The summed E-state index contributed by atoms with van der Waals surface area (Å²) < 4.78 is 0. The van der Waals surface area contributed by atoms with Crippen molar-refractivity contribution in [3.63, 3.8) is 0 Å². The van der Waals surface area contributed by atoms with Gasteiger partial charge in [0.2, 0.25) is 0 Å². The first kappa shape index (κ1) is 18.0. The normalized spacial score (nSPS) is 10.5. The Labute approximate surface area is 144 Å². The molecule has 4 nitrogen and oxygen atoms in total. The number of nitrogens with zero attached hydrogens (tertiary/aromatic N) is 2. The van der Waals surface area contributed by atoms with Gasteiger partial charge in [-0.25, -0.2) is 4.98 Å². The van der Waals surface area contributed by atoms with Crippen molar-refractivity contribution in [2.45, 2.75) is 40.5 Å². The van der Waals surface area contributed by atoms with Crippen LogP contribution in [0.5, 0.6) is 0 Å². The van der Waals surface area contributed by atoms with E-state index in [1.165, 1.54) is 5.56 Å². The number of nitrogens with one attached hydrogen (secondary N) is 1. The van der Waals surface area contributed by atoms with Gasteiger partial charge in [0.15, 0.2) is 0 Å². The van der Waals surface area contributed by atoms with Gasteiger partial charge in [-0.3, -0.25) is 4.79 Å². The highest BCUT2D eigenvalue weighted by atomic mass is 16.1. The summed E-state index contributed by atoms with van der Waals surface area (Å²) in [4.78, 5) is 19.1. The van der Waals surface area contributed by atoms with Crippen LogP contribution in [-0.4, -0.2) is 24.0 Å².